The summed E-state index contributed by atoms with van der Waals surface area (Å²) in [6, 6.07) is 11.9. The first kappa shape index (κ1) is 20.0. The summed E-state index contributed by atoms with van der Waals surface area (Å²) in [6.45, 7) is 6.25. The standard InChI is InChI=1S/C20H28N4OS/c1-4-22-19(25)17-8-5-7-16(12-17)14-24-20(21-3)23-13-15(2)11-18-9-6-10-26-18/h5-10,12,15H,4,11,13-14H2,1-3H3,(H,22,25)(H2,21,23,24). The van der Waals surface area contributed by atoms with E-state index >= 15 is 0 Å². The van der Waals surface area contributed by atoms with Crippen LogP contribution >= 0.6 is 11.3 Å². The van der Waals surface area contributed by atoms with Gasteiger partial charge in [-0.3, -0.25) is 9.79 Å². The van der Waals surface area contributed by atoms with Gasteiger partial charge >= 0.3 is 0 Å². The molecule has 0 aliphatic rings. The van der Waals surface area contributed by atoms with E-state index in [1.807, 2.05) is 31.2 Å². The maximum Gasteiger partial charge on any atom is 0.251 e. The maximum absolute atomic E-state index is 11.9. The molecule has 6 heteroatoms. The number of amides is 1. The first-order chi connectivity index (χ1) is 12.6. The van der Waals surface area contributed by atoms with E-state index in [1.54, 1.807) is 18.4 Å². The van der Waals surface area contributed by atoms with E-state index in [0.717, 1.165) is 24.5 Å². The highest BCUT2D eigenvalue weighted by Crippen LogP contribution is 2.13. The Balaban J connectivity index is 1.81. The molecule has 1 atom stereocenters. The molecule has 0 bridgehead atoms. The summed E-state index contributed by atoms with van der Waals surface area (Å²) in [7, 11) is 1.77. The van der Waals surface area contributed by atoms with Gasteiger partial charge in [-0.25, -0.2) is 0 Å². The van der Waals surface area contributed by atoms with E-state index in [2.05, 4.69) is 45.4 Å². The molecule has 26 heavy (non-hydrogen) atoms. The van der Waals surface area contributed by atoms with Gasteiger partial charge in [0.15, 0.2) is 5.96 Å². The molecule has 140 valence electrons. The number of hydrogen-bond donors (Lipinski definition) is 3. The normalized spacial score (nSPS) is 12.5. The van der Waals surface area contributed by atoms with Gasteiger partial charge in [0.1, 0.15) is 0 Å². The van der Waals surface area contributed by atoms with Crippen molar-refractivity contribution in [2.75, 3.05) is 20.1 Å². The van der Waals surface area contributed by atoms with Crippen molar-refractivity contribution in [2.24, 2.45) is 10.9 Å². The van der Waals surface area contributed by atoms with Crippen LogP contribution < -0.4 is 16.0 Å². The van der Waals surface area contributed by atoms with Crippen molar-refractivity contribution in [3.63, 3.8) is 0 Å². The van der Waals surface area contributed by atoms with Crippen LogP contribution in [0.1, 0.15) is 34.6 Å². The van der Waals surface area contributed by atoms with Gasteiger partial charge in [0.25, 0.3) is 5.91 Å². The van der Waals surface area contributed by atoms with Crippen LogP contribution in [-0.4, -0.2) is 32.0 Å². The second-order valence-electron chi connectivity index (χ2n) is 6.26. The van der Waals surface area contributed by atoms with Crippen LogP contribution in [0.4, 0.5) is 0 Å². The van der Waals surface area contributed by atoms with Crippen molar-refractivity contribution in [3.05, 3.63) is 57.8 Å². The summed E-state index contributed by atoms with van der Waals surface area (Å²) in [5, 5.41) is 11.6. The minimum atomic E-state index is -0.0424. The second kappa shape index (κ2) is 10.6. The number of carbonyl (C=O) groups is 1. The average molecular weight is 373 g/mol. The van der Waals surface area contributed by atoms with Gasteiger partial charge in [-0.2, -0.15) is 0 Å². The van der Waals surface area contributed by atoms with Gasteiger partial charge < -0.3 is 16.0 Å². The Morgan fingerprint density at radius 1 is 1.19 bits per heavy atom. The number of carbonyl (C=O) groups excluding carboxylic acids is 1. The van der Waals surface area contributed by atoms with E-state index in [-0.39, 0.29) is 5.91 Å². The van der Waals surface area contributed by atoms with E-state index in [0.29, 0.717) is 24.6 Å². The predicted octanol–water partition coefficient (Wildman–Crippen LogP) is 3.04. The molecule has 2 rings (SSSR count). The zero-order chi connectivity index (χ0) is 18.8. The molecule has 0 saturated heterocycles. The minimum absolute atomic E-state index is 0.0424. The lowest BCUT2D eigenvalue weighted by atomic mass is 10.1. The SMILES string of the molecule is CCNC(=O)c1cccc(CNC(=NC)NCC(C)Cc2cccs2)c1. The third-order valence-electron chi connectivity index (χ3n) is 3.96. The Labute approximate surface area is 159 Å². The Kier molecular flexibility index (Phi) is 8.15. The highest BCUT2D eigenvalue weighted by molar-refractivity contribution is 7.09. The molecule has 0 aliphatic heterocycles. The first-order valence-corrected chi connectivity index (χ1v) is 9.84. The fourth-order valence-electron chi connectivity index (χ4n) is 2.61. The summed E-state index contributed by atoms with van der Waals surface area (Å²) < 4.78 is 0. The van der Waals surface area contributed by atoms with Crippen LogP contribution in [0.25, 0.3) is 0 Å². The summed E-state index contributed by atoms with van der Waals surface area (Å²) in [5.41, 5.74) is 1.72. The lowest BCUT2D eigenvalue weighted by Gasteiger charge is -2.16. The first-order valence-electron chi connectivity index (χ1n) is 8.96. The lowest BCUT2D eigenvalue weighted by Crippen LogP contribution is -2.39. The molecule has 2 aromatic rings. The molecule has 1 heterocycles. The lowest BCUT2D eigenvalue weighted by molar-refractivity contribution is 0.0955. The molecule has 1 aromatic carbocycles. The van der Waals surface area contributed by atoms with Crippen LogP contribution in [0.15, 0.2) is 46.8 Å². The van der Waals surface area contributed by atoms with Crippen LogP contribution in [0.3, 0.4) is 0 Å². The van der Waals surface area contributed by atoms with E-state index in [1.165, 1.54) is 4.88 Å². The third-order valence-corrected chi connectivity index (χ3v) is 4.86. The van der Waals surface area contributed by atoms with Crippen LogP contribution in [0.5, 0.6) is 0 Å². The average Bonchev–Trinajstić information content (AvgIpc) is 3.15. The Hall–Kier alpha value is -2.34. The van der Waals surface area contributed by atoms with Crippen molar-refractivity contribution >= 4 is 23.2 Å². The fraction of sp³-hybridized carbons (Fsp3) is 0.400. The van der Waals surface area contributed by atoms with Crippen molar-refractivity contribution in [1.82, 2.24) is 16.0 Å². The number of rotatable bonds is 8. The third kappa shape index (κ3) is 6.52. The van der Waals surface area contributed by atoms with Gasteiger partial charge in [0, 0.05) is 37.1 Å². The van der Waals surface area contributed by atoms with Crippen molar-refractivity contribution in [1.29, 1.82) is 0 Å². The topological polar surface area (TPSA) is 65.5 Å². The number of benzene rings is 1. The molecule has 0 aliphatic carbocycles. The van der Waals surface area contributed by atoms with E-state index in [4.69, 9.17) is 0 Å². The molecule has 0 radical (unpaired) electrons. The van der Waals surface area contributed by atoms with Gasteiger partial charge in [-0.15, -0.1) is 11.3 Å². The van der Waals surface area contributed by atoms with Crippen molar-refractivity contribution < 1.29 is 4.79 Å². The summed E-state index contributed by atoms with van der Waals surface area (Å²) in [6.07, 6.45) is 1.07. The van der Waals surface area contributed by atoms with Gasteiger partial charge in [0.2, 0.25) is 0 Å². The summed E-state index contributed by atoms with van der Waals surface area (Å²) in [4.78, 5) is 17.6. The van der Waals surface area contributed by atoms with Gasteiger partial charge in [0.05, 0.1) is 0 Å². The number of nitrogens with zero attached hydrogens (tertiary/aromatic N) is 1. The number of nitrogens with one attached hydrogen (secondary N) is 3. The molecule has 0 fully saturated rings. The molecule has 3 N–H and O–H groups in total. The van der Waals surface area contributed by atoms with Gasteiger partial charge in [-0.05, 0) is 48.4 Å². The number of guanidine groups is 1. The minimum Gasteiger partial charge on any atom is -0.356 e. The number of thiophene rings is 1. The summed E-state index contributed by atoms with van der Waals surface area (Å²) >= 11 is 1.80. The van der Waals surface area contributed by atoms with Crippen molar-refractivity contribution in [3.8, 4) is 0 Å². The van der Waals surface area contributed by atoms with Crippen molar-refractivity contribution in [2.45, 2.75) is 26.8 Å². The molecule has 1 aromatic heterocycles. The Morgan fingerprint density at radius 2 is 2.04 bits per heavy atom. The van der Waals surface area contributed by atoms with E-state index in [9.17, 15) is 4.79 Å². The quantitative estimate of drug-likeness (QED) is 0.493. The van der Waals surface area contributed by atoms with Crippen LogP contribution in [0, 0.1) is 5.92 Å². The maximum atomic E-state index is 11.9. The molecular weight excluding hydrogens is 344 g/mol. The van der Waals surface area contributed by atoms with Crippen LogP contribution in [0.2, 0.25) is 0 Å². The van der Waals surface area contributed by atoms with E-state index < -0.39 is 0 Å². The Bertz CT molecular complexity index is 712. The molecule has 0 saturated carbocycles. The fourth-order valence-corrected chi connectivity index (χ4v) is 3.48. The zero-order valence-corrected chi connectivity index (χ0v) is 16.5. The predicted molar refractivity (Wildman–Crippen MR) is 110 cm³/mol. The van der Waals surface area contributed by atoms with Gasteiger partial charge in [-0.1, -0.05) is 25.1 Å². The second-order valence-corrected chi connectivity index (χ2v) is 7.29. The largest absolute Gasteiger partial charge is 0.356 e. The van der Waals surface area contributed by atoms with Crippen LogP contribution in [-0.2, 0) is 13.0 Å². The highest BCUT2D eigenvalue weighted by atomic mass is 32.1. The zero-order valence-electron chi connectivity index (χ0n) is 15.7. The Morgan fingerprint density at radius 3 is 2.73 bits per heavy atom. The number of aliphatic imine (C=N–C) groups is 1. The molecule has 1 amide bonds. The molecule has 5 nitrogen and oxygen atoms in total. The highest BCUT2D eigenvalue weighted by Gasteiger charge is 2.07. The molecule has 0 spiro atoms. The smallest absolute Gasteiger partial charge is 0.251 e. The summed E-state index contributed by atoms with van der Waals surface area (Å²) in [5.74, 6) is 1.25. The molecule has 1 unspecified atom stereocenters. The molecular formula is C20H28N4OS. The monoisotopic (exact) mass is 372 g/mol. The number of hydrogen-bond acceptors (Lipinski definition) is 3.